The molecule has 0 bridgehead atoms. The van der Waals surface area contributed by atoms with Crippen molar-refractivity contribution in [1.29, 1.82) is 5.26 Å². The maximum Gasteiger partial charge on any atom is 0.222 e. The lowest BCUT2D eigenvalue weighted by Gasteiger charge is -2.38. The molecule has 1 saturated heterocycles. The highest BCUT2D eigenvalue weighted by Crippen LogP contribution is 2.39. The number of carbonyl (C=O) groups is 1. The Morgan fingerprint density at radius 2 is 1.88 bits per heavy atom. The van der Waals surface area contributed by atoms with E-state index in [0.29, 0.717) is 51.2 Å². The van der Waals surface area contributed by atoms with Crippen molar-refractivity contribution in [2.24, 2.45) is 0 Å². The fourth-order valence-corrected chi connectivity index (χ4v) is 4.59. The number of ether oxygens (including phenoxy) is 1. The number of hydrogen-bond donors (Lipinski definition) is 0. The zero-order valence-electron chi connectivity index (χ0n) is 19.4. The van der Waals surface area contributed by atoms with Crippen LogP contribution in [0.25, 0.3) is 11.3 Å². The molecule has 0 saturated carbocycles. The van der Waals surface area contributed by atoms with Crippen LogP contribution in [-0.2, 0) is 22.6 Å². The topological polar surface area (TPSA) is 69.5 Å². The molecule has 0 N–H and O–H groups in total. The molecule has 2 aromatic rings. The Balaban J connectivity index is 1.70. The van der Waals surface area contributed by atoms with Gasteiger partial charge in [0.25, 0.3) is 0 Å². The van der Waals surface area contributed by atoms with Crippen molar-refractivity contribution in [3.8, 4) is 17.3 Å². The first-order valence-electron chi connectivity index (χ1n) is 11.6. The first-order valence-corrected chi connectivity index (χ1v) is 11.6. The van der Waals surface area contributed by atoms with Gasteiger partial charge in [-0.1, -0.05) is 43.7 Å². The molecule has 6 heteroatoms. The van der Waals surface area contributed by atoms with Crippen LogP contribution in [0.2, 0.25) is 0 Å². The van der Waals surface area contributed by atoms with Crippen LogP contribution in [0, 0.1) is 11.3 Å². The second-order valence-electron chi connectivity index (χ2n) is 9.29. The fraction of sp³-hybridized carbons (Fsp3) is 0.500. The van der Waals surface area contributed by atoms with Gasteiger partial charge in [0.05, 0.1) is 23.5 Å². The monoisotopic (exact) mass is 432 g/mol. The average Bonchev–Trinajstić information content (AvgIpc) is 2.81. The molecule has 168 valence electrons. The summed E-state index contributed by atoms with van der Waals surface area (Å²) in [6.07, 6.45) is 3.25. The predicted octanol–water partition coefficient (Wildman–Crippen LogP) is 4.31. The number of aromatic nitrogens is 1. The fourth-order valence-electron chi connectivity index (χ4n) is 4.59. The number of nitrogens with zero attached hydrogens (tertiary/aromatic N) is 4. The van der Waals surface area contributed by atoms with E-state index in [-0.39, 0.29) is 11.5 Å². The van der Waals surface area contributed by atoms with Gasteiger partial charge in [0.15, 0.2) is 0 Å². The van der Waals surface area contributed by atoms with E-state index in [2.05, 4.69) is 43.9 Å². The first-order chi connectivity index (χ1) is 15.4. The molecule has 6 nitrogen and oxygen atoms in total. The molecular weight excluding hydrogens is 400 g/mol. The Kier molecular flexibility index (Phi) is 6.48. The predicted molar refractivity (Wildman–Crippen MR) is 125 cm³/mol. The summed E-state index contributed by atoms with van der Waals surface area (Å²) in [6.45, 7) is 9.41. The summed E-state index contributed by atoms with van der Waals surface area (Å²) >= 11 is 0. The summed E-state index contributed by atoms with van der Waals surface area (Å²) in [6, 6.07) is 12.6. The van der Waals surface area contributed by atoms with Gasteiger partial charge in [0.1, 0.15) is 11.9 Å². The molecule has 2 aliphatic heterocycles. The van der Waals surface area contributed by atoms with Gasteiger partial charge in [0.2, 0.25) is 5.91 Å². The number of hydrogen-bond acceptors (Lipinski definition) is 5. The third kappa shape index (κ3) is 4.49. The van der Waals surface area contributed by atoms with Gasteiger partial charge in [-0.2, -0.15) is 5.26 Å². The molecule has 1 amide bonds. The average molecular weight is 433 g/mol. The van der Waals surface area contributed by atoms with E-state index in [1.54, 1.807) is 0 Å². The Labute approximate surface area is 190 Å². The summed E-state index contributed by atoms with van der Waals surface area (Å²) in [5, 5.41) is 10.2. The van der Waals surface area contributed by atoms with Crippen LogP contribution >= 0.6 is 0 Å². The van der Waals surface area contributed by atoms with Crippen molar-refractivity contribution >= 4 is 11.7 Å². The SMILES string of the molecule is CCCCC(=O)N1CCN(c2nc(-c3ccccc3)c3c(c2C#N)CC(C)(C)OC3)CC1. The zero-order valence-corrected chi connectivity index (χ0v) is 19.4. The van der Waals surface area contributed by atoms with Crippen LogP contribution < -0.4 is 4.90 Å². The van der Waals surface area contributed by atoms with Crippen LogP contribution in [0.1, 0.15) is 56.7 Å². The second-order valence-corrected chi connectivity index (χ2v) is 9.29. The maximum atomic E-state index is 12.5. The molecule has 1 fully saturated rings. The van der Waals surface area contributed by atoms with Crippen LogP contribution in [0.3, 0.4) is 0 Å². The number of unbranched alkanes of at least 4 members (excludes halogenated alkanes) is 1. The largest absolute Gasteiger partial charge is 0.370 e. The Morgan fingerprint density at radius 1 is 1.16 bits per heavy atom. The summed E-state index contributed by atoms with van der Waals surface area (Å²) in [7, 11) is 0. The highest BCUT2D eigenvalue weighted by molar-refractivity contribution is 5.77. The van der Waals surface area contributed by atoms with Gasteiger partial charge in [0, 0.05) is 50.1 Å². The second kappa shape index (κ2) is 9.30. The van der Waals surface area contributed by atoms with E-state index >= 15 is 0 Å². The van der Waals surface area contributed by atoms with Gasteiger partial charge in [-0.05, 0) is 25.8 Å². The van der Waals surface area contributed by atoms with Gasteiger partial charge >= 0.3 is 0 Å². The number of piperazine rings is 1. The number of fused-ring (bicyclic) bond motifs is 1. The molecule has 2 aliphatic rings. The van der Waals surface area contributed by atoms with Crippen LogP contribution in [0.5, 0.6) is 0 Å². The molecule has 1 aromatic heterocycles. The van der Waals surface area contributed by atoms with Crippen molar-refractivity contribution in [3.63, 3.8) is 0 Å². The number of amides is 1. The highest BCUT2D eigenvalue weighted by Gasteiger charge is 2.34. The minimum absolute atomic E-state index is 0.231. The molecular formula is C26H32N4O2. The number of rotatable bonds is 5. The van der Waals surface area contributed by atoms with Crippen molar-refractivity contribution in [1.82, 2.24) is 9.88 Å². The van der Waals surface area contributed by atoms with Crippen molar-refractivity contribution in [3.05, 3.63) is 47.0 Å². The quantitative estimate of drug-likeness (QED) is 0.704. The summed E-state index contributed by atoms with van der Waals surface area (Å²) < 4.78 is 6.10. The van der Waals surface area contributed by atoms with Gasteiger partial charge in [-0.15, -0.1) is 0 Å². The molecule has 3 heterocycles. The number of benzene rings is 1. The van der Waals surface area contributed by atoms with Gasteiger partial charge < -0.3 is 14.5 Å². The number of anilines is 1. The highest BCUT2D eigenvalue weighted by atomic mass is 16.5. The molecule has 32 heavy (non-hydrogen) atoms. The van der Waals surface area contributed by atoms with Crippen LogP contribution in [0.4, 0.5) is 5.82 Å². The maximum absolute atomic E-state index is 12.5. The van der Waals surface area contributed by atoms with Crippen molar-refractivity contribution in [2.75, 3.05) is 31.1 Å². The Hall–Kier alpha value is -2.91. The van der Waals surface area contributed by atoms with E-state index in [1.165, 1.54) is 0 Å². The lowest BCUT2D eigenvalue weighted by molar-refractivity contribution is -0.131. The molecule has 4 rings (SSSR count). The molecule has 0 radical (unpaired) electrons. The standard InChI is InChI=1S/C26H32N4O2/c1-4-5-11-23(31)29-12-14-30(15-13-29)25-21(17-27)20-16-26(2,3)32-18-22(20)24(28-25)19-9-7-6-8-10-19/h6-10H,4-5,11-16,18H2,1-3H3. The summed E-state index contributed by atoms with van der Waals surface area (Å²) in [4.78, 5) is 21.6. The molecule has 0 unspecified atom stereocenters. The minimum atomic E-state index is -0.324. The van der Waals surface area contributed by atoms with E-state index in [4.69, 9.17) is 9.72 Å². The van der Waals surface area contributed by atoms with Crippen LogP contribution in [-0.4, -0.2) is 47.6 Å². The zero-order chi connectivity index (χ0) is 22.7. The van der Waals surface area contributed by atoms with E-state index in [1.807, 2.05) is 23.1 Å². The third-order valence-corrected chi connectivity index (χ3v) is 6.44. The van der Waals surface area contributed by atoms with Gasteiger partial charge in [-0.3, -0.25) is 4.79 Å². The number of nitriles is 1. The van der Waals surface area contributed by atoms with E-state index in [9.17, 15) is 10.1 Å². The lowest BCUT2D eigenvalue weighted by atomic mass is 9.86. The first kappa shape index (κ1) is 22.3. The summed E-state index contributed by atoms with van der Waals surface area (Å²) in [5.74, 6) is 0.970. The summed E-state index contributed by atoms with van der Waals surface area (Å²) in [5.41, 5.74) is 4.33. The van der Waals surface area contributed by atoms with E-state index < -0.39 is 0 Å². The third-order valence-electron chi connectivity index (χ3n) is 6.44. The van der Waals surface area contributed by atoms with Gasteiger partial charge in [-0.25, -0.2) is 4.98 Å². The molecule has 0 aliphatic carbocycles. The molecule has 1 aromatic carbocycles. The number of pyridine rings is 1. The number of carbonyl (C=O) groups excluding carboxylic acids is 1. The molecule has 0 spiro atoms. The van der Waals surface area contributed by atoms with Crippen molar-refractivity contribution in [2.45, 2.75) is 58.7 Å². The van der Waals surface area contributed by atoms with E-state index in [0.717, 1.165) is 41.0 Å². The minimum Gasteiger partial charge on any atom is -0.370 e. The normalized spacial score (nSPS) is 17.6. The smallest absolute Gasteiger partial charge is 0.222 e. The van der Waals surface area contributed by atoms with Crippen LogP contribution in [0.15, 0.2) is 30.3 Å². The Morgan fingerprint density at radius 3 is 2.53 bits per heavy atom. The lowest BCUT2D eigenvalue weighted by Crippen LogP contribution is -2.49. The van der Waals surface area contributed by atoms with Crippen molar-refractivity contribution < 1.29 is 9.53 Å². The molecule has 0 atom stereocenters. The Bertz CT molecular complexity index is 1020.